The van der Waals surface area contributed by atoms with Crippen LogP contribution in [0, 0.1) is 0 Å². The number of hydrogen-bond donors (Lipinski definition) is 1. The first-order valence-corrected chi connectivity index (χ1v) is 4.30. The molecule has 1 atom stereocenters. The normalized spacial score (nSPS) is 22.8. The van der Waals surface area contributed by atoms with E-state index in [1.165, 1.54) is 0 Å². The van der Waals surface area contributed by atoms with Gasteiger partial charge in [0.1, 0.15) is 6.61 Å². The van der Waals surface area contributed by atoms with Crippen molar-refractivity contribution in [1.82, 2.24) is 4.90 Å². The van der Waals surface area contributed by atoms with Gasteiger partial charge in [-0.05, 0) is 19.8 Å². The van der Waals surface area contributed by atoms with Crippen molar-refractivity contribution in [3.05, 3.63) is 0 Å². The van der Waals surface area contributed by atoms with Crippen molar-refractivity contribution in [2.45, 2.75) is 25.8 Å². The molecule has 0 bridgehead atoms. The molecule has 0 aliphatic carbocycles. The number of aliphatic hydroxyl groups is 1. The molecule has 1 fully saturated rings. The van der Waals surface area contributed by atoms with Crippen LogP contribution >= 0.6 is 0 Å². The van der Waals surface area contributed by atoms with Gasteiger partial charge in [0.15, 0.2) is 0 Å². The Morgan fingerprint density at radius 1 is 1.75 bits per heavy atom. The van der Waals surface area contributed by atoms with Crippen molar-refractivity contribution in [1.29, 1.82) is 0 Å². The molecule has 1 unspecified atom stereocenters. The van der Waals surface area contributed by atoms with Crippen LogP contribution < -0.4 is 0 Å². The molecule has 0 radical (unpaired) electrons. The Bertz CT molecular complexity index is 160. The molecule has 4 heteroatoms. The van der Waals surface area contributed by atoms with Crippen molar-refractivity contribution in [3.8, 4) is 0 Å². The fraction of sp³-hybridized carbons (Fsp3) is 0.875. The minimum Gasteiger partial charge on any atom is -0.447 e. The van der Waals surface area contributed by atoms with Gasteiger partial charge in [-0.25, -0.2) is 4.79 Å². The summed E-state index contributed by atoms with van der Waals surface area (Å²) in [6.07, 6.45) is 1.80. The maximum Gasteiger partial charge on any atom is 0.410 e. The third-order valence-electron chi connectivity index (χ3n) is 2.10. The number of likely N-dealkylation sites (tertiary alicyclic amines) is 1. The molecule has 1 aliphatic rings. The number of amides is 1. The van der Waals surface area contributed by atoms with Crippen molar-refractivity contribution in [2.75, 3.05) is 19.8 Å². The minimum atomic E-state index is -0.297. The van der Waals surface area contributed by atoms with Gasteiger partial charge in [-0.1, -0.05) is 0 Å². The van der Waals surface area contributed by atoms with Crippen molar-refractivity contribution in [2.24, 2.45) is 0 Å². The molecule has 1 N–H and O–H groups in total. The lowest BCUT2D eigenvalue weighted by Gasteiger charge is -2.20. The Hall–Kier alpha value is -0.770. The van der Waals surface area contributed by atoms with E-state index in [1.54, 1.807) is 4.90 Å². The van der Waals surface area contributed by atoms with E-state index in [4.69, 9.17) is 9.84 Å². The second-order valence-corrected chi connectivity index (χ2v) is 3.02. The maximum absolute atomic E-state index is 11.2. The quantitative estimate of drug-likeness (QED) is 0.665. The van der Waals surface area contributed by atoms with Crippen LogP contribution in [0.4, 0.5) is 4.79 Å². The fourth-order valence-corrected chi connectivity index (χ4v) is 1.42. The number of carbonyl (C=O) groups is 1. The highest BCUT2D eigenvalue weighted by Gasteiger charge is 2.25. The molecule has 0 aromatic rings. The van der Waals surface area contributed by atoms with Crippen LogP contribution in [-0.4, -0.2) is 41.9 Å². The summed E-state index contributed by atoms with van der Waals surface area (Å²) >= 11 is 0. The third-order valence-corrected chi connectivity index (χ3v) is 2.10. The topological polar surface area (TPSA) is 49.8 Å². The maximum atomic E-state index is 11.2. The second kappa shape index (κ2) is 4.30. The largest absolute Gasteiger partial charge is 0.447 e. The predicted octanol–water partition coefficient (Wildman–Crippen LogP) is 0.600. The van der Waals surface area contributed by atoms with E-state index in [0.29, 0.717) is 0 Å². The Balaban J connectivity index is 2.30. The molecule has 1 aliphatic heterocycles. The highest BCUT2D eigenvalue weighted by molar-refractivity contribution is 5.68. The molecule has 4 nitrogen and oxygen atoms in total. The van der Waals surface area contributed by atoms with E-state index in [1.807, 2.05) is 6.92 Å². The first-order chi connectivity index (χ1) is 5.75. The molecule has 0 spiro atoms. The van der Waals surface area contributed by atoms with Crippen LogP contribution in [0.2, 0.25) is 0 Å². The lowest BCUT2D eigenvalue weighted by molar-refractivity contribution is 0.0827. The average Bonchev–Trinajstić information content (AvgIpc) is 2.47. The molecule has 1 amide bonds. The first-order valence-electron chi connectivity index (χ1n) is 4.30. The van der Waals surface area contributed by atoms with Gasteiger partial charge >= 0.3 is 6.09 Å². The number of hydrogen-bond acceptors (Lipinski definition) is 3. The van der Waals surface area contributed by atoms with E-state index in [2.05, 4.69) is 0 Å². The van der Waals surface area contributed by atoms with Crippen LogP contribution in [0.1, 0.15) is 19.8 Å². The molecular weight excluding hydrogens is 158 g/mol. The van der Waals surface area contributed by atoms with E-state index in [-0.39, 0.29) is 25.3 Å². The van der Waals surface area contributed by atoms with Crippen LogP contribution in [0.25, 0.3) is 0 Å². The van der Waals surface area contributed by atoms with E-state index >= 15 is 0 Å². The van der Waals surface area contributed by atoms with Crippen LogP contribution in [-0.2, 0) is 4.74 Å². The number of nitrogens with zero attached hydrogens (tertiary/aromatic N) is 1. The van der Waals surface area contributed by atoms with E-state index < -0.39 is 0 Å². The standard InChI is InChI=1S/C8H15NO3/c1-7-3-2-4-9(7)8(11)12-6-5-10/h7,10H,2-6H2,1H3. The summed E-state index contributed by atoms with van der Waals surface area (Å²) in [5.41, 5.74) is 0. The summed E-state index contributed by atoms with van der Waals surface area (Å²) in [4.78, 5) is 12.9. The fourth-order valence-electron chi connectivity index (χ4n) is 1.42. The van der Waals surface area contributed by atoms with Gasteiger partial charge < -0.3 is 14.7 Å². The molecule has 0 saturated carbocycles. The van der Waals surface area contributed by atoms with E-state index in [9.17, 15) is 4.79 Å². The first kappa shape index (κ1) is 9.32. The number of rotatable bonds is 2. The lowest BCUT2D eigenvalue weighted by atomic mass is 10.2. The van der Waals surface area contributed by atoms with E-state index in [0.717, 1.165) is 19.4 Å². The highest BCUT2D eigenvalue weighted by atomic mass is 16.6. The zero-order valence-electron chi connectivity index (χ0n) is 7.32. The monoisotopic (exact) mass is 173 g/mol. The Morgan fingerprint density at radius 3 is 3.00 bits per heavy atom. The van der Waals surface area contributed by atoms with Gasteiger partial charge in [-0.2, -0.15) is 0 Å². The molecular formula is C8H15NO3. The molecule has 0 aromatic heterocycles. The van der Waals surface area contributed by atoms with Crippen molar-refractivity contribution < 1.29 is 14.6 Å². The third kappa shape index (κ3) is 2.11. The Labute approximate surface area is 72.1 Å². The average molecular weight is 173 g/mol. The summed E-state index contributed by atoms with van der Waals surface area (Å²) < 4.78 is 4.78. The van der Waals surface area contributed by atoms with Gasteiger partial charge in [-0.15, -0.1) is 0 Å². The van der Waals surface area contributed by atoms with Gasteiger partial charge in [0.05, 0.1) is 6.61 Å². The molecule has 70 valence electrons. The number of ether oxygens (including phenoxy) is 1. The summed E-state index contributed by atoms with van der Waals surface area (Å²) in [5.74, 6) is 0. The molecule has 1 saturated heterocycles. The Kier molecular flexibility index (Phi) is 3.34. The molecule has 1 heterocycles. The number of aliphatic hydroxyl groups excluding tert-OH is 1. The zero-order valence-corrected chi connectivity index (χ0v) is 7.32. The Morgan fingerprint density at radius 2 is 2.50 bits per heavy atom. The second-order valence-electron chi connectivity index (χ2n) is 3.02. The van der Waals surface area contributed by atoms with Gasteiger partial charge in [0.25, 0.3) is 0 Å². The van der Waals surface area contributed by atoms with Crippen molar-refractivity contribution in [3.63, 3.8) is 0 Å². The van der Waals surface area contributed by atoms with Crippen molar-refractivity contribution >= 4 is 6.09 Å². The summed E-state index contributed by atoms with van der Waals surface area (Å²) in [7, 11) is 0. The van der Waals surface area contributed by atoms with Crippen LogP contribution in [0.5, 0.6) is 0 Å². The molecule has 0 aromatic carbocycles. The molecule has 1 rings (SSSR count). The smallest absolute Gasteiger partial charge is 0.410 e. The zero-order chi connectivity index (χ0) is 8.97. The summed E-state index contributed by atoms with van der Waals surface area (Å²) in [6.45, 7) is 2.79. The number of carbonyl (C=O) groups excluding carboxylic acids is 1. The highest BCUT2D eigenvalue weighted by Crippen LogP contribution is 2.16. The summed E-state index contributed by atoms with van der Waals surface area (Å²) in [6, 6.07) is 0.288. The van der Waals surface area contributed by atoms with Crippen LogP contribution in [0.15, 0.2) is 0 Å². The SMILES string of the molecule is CC1CCCN1C(=O)OCCO. The minimum absolute atomic E-state index is 0.0993. The molecule has 12 heavy (non-hydrogen) atoms. The lowest BCUT2D eigenvalue weighted by Crippen LogP contribution is -2.34. The van der Waals surface area contributed by atoms with Gasteiger partial charge in [0.2, 0.25) is 0 Å². The van der Waals surface area contributed by atoms with Crippen LogP contribution in [0.3, 0.4) is 0 Å². The predicted molar refractivity (Wildman–Crippen MR) is 43.8 cm³/mol. The van der Waals surface area contributed by atoms with Gasteiger partial charge in [0, 0.05) is 12.6 Å². The van der Waals surface area contributed by atoms with Gasteiger partial charge in [-0.3, -0.25) is 0 Å². The summed E-state index contributed by atoms with van der Waals surface area (Å²) in [5, 5.41) is 8.43.